The van der Waals surface area contributed by atoms with E-state index >= 15 is 0 Å². The first-order valence-electron chi connectivity index (χ1n) is 6.92. The van der Waals surface area contributed by atoms with Gasteiger partial charge in [0, 0.05) is 20.5 Å². The summed E-state index contributed by atoms with van der Waals surface area (Å²) in [6.45, 7) is 5.54. The third kappa shape index (κ3) is 4.07. The van der Waals surface area contributed by atoms with Crippen molar-refractivity contribution in [3.8, 4) is 0 Å². The van der Waals surface area contributed by atoms with Crippen LogP contribution in [0, 0.1) is 12.8 Å². The second-order valence-electron chi connectivity index (χ2n) is 5.60. The van der Waals surface area contributed by atoms with Crippen molar-refractivity contribution in [2.24, 2.45) is 5.92 Å². The summed E-state index contributed by atoms with van der Waals surface area (Å²) in [6.07, 6.45) is 0.342. The number of methoxy groups -OCH3 is 1. The second-order valence-corrected chi connectivity index (χ2v) is 6.62. The maximum Gasteiger partial charge on any atom is 0.341 e. The van der Waals surface area contributed by atoms with Gasteiger partial charge in [0.1, 0.15) is 5.00 Å². The van der Waals surface area contributed by atoms with E-state index in [0.717, 1.165) is 11.3 Å². The Labute approximate surface area is 134 Å². The van der Waals surface area contributed by atoms with Crippen molar-refractivity contribution in [2.75, 3.05) is 26.5 Å². The zero-order valence-corrected chi connectivity index (χ0v) is 14.6. The van der Waals surface area contributed by atoms with Crippen molar-refractivity contribution in [1.82, 2.24) is 4.90 Å². The molecule has 0 unspecified atom stereocenters. The van der Waals surface area contributed by atoms with Gasteiger partial charge in [0.2, 0.25) is 5.91 Å². The molecule has 0 radical (unpaired) electrons. The van der Waals surface area contributed by atoms with Crippen molar-refractivity contribution in [3.05, 3.63) is 16.0 Å². The summed E-state index contributed by atoms with van der Waals surface area (Å²) in [4.78, 5) is 38.0. The van der Waals surface area contributed by atoms with E-state index in [-0.39, 0.29) is 23.3 Å². The Morgan fingerprint density at radius 3 is 2.32 bits per heavy atom. The summed E-state index contributed by atoms with van der Waals surface area (Å²) < 4.78 is 4.77. The minimum atomic E-state index is -0.564. The molecule has 0 aliphatic heterocycles. The van der Waals surface area contributed by atoms with E-state index in [0.29, 0.717) is 21.9 Å². The predicted octanol–water partition coefficient (Wildman–Crippen LogP) is 2.53. The van der Waals surface area contributed by atoms with Gasteiger partial charge in [0.15, 0.2) is 0 Å². The van der Waals surface area contributed by atoms with Gasteiger partial charge in [-0.15, -0.1) is 11.3 Å². The predicted molar refractivity (Wildman–Crippen MR) is 86.5 cm³/mol. The fourth-order valence-corrected chi connectivity index (χ4v) is 3.14. The number of thiophene rings is 1. The SMILES string of the molecule is COC(=O)c1c(NC(=O)CC(C)C)sc(C(=O)N(C)C)c1C. The standard InChI is InChI=1S/C15H22N2O4S/c1-8(2)7-10(18)16-13-11(15(20)21-6)9(3)12(22-13)14(19)17(4)5/h8H,7H2,1-6H3,(H,16,18). The van der Waals surface area contributed by atoms with Crippen LogP contribution in [0.1, 0.15) is 45.9 Å². The summed E-state index contributed by atoms with van der Waals surface area (Å²) in [5, 5.41) is 3.08. The highest BCUT2D eigenvalue weighted by Crippen LogP contribution is 2.34. The molecule has 1 aromatic heterocycles. The summed E-state index contributed by atoms with van der Waals surface area (Å²) in [6, 6.07) is 0. The summed E-state index contributed by atoms with van der Waals surface area (Å²) in [5.74, 6) is -0.765. The maximum absolute atomic E-state index is 12.2. The number of anilines is 1. The fraction of sp³-hybridized carbons (Fsp3) is 0.533. The molecule has 1 N–H and O–H groups in total. The van der Waals surface area contributed by atoms with Gasteiger partial charge >= 0.3 is 5.97 Å². The Balaban J connectivity index is 3.25. The van der Waals surface area contributed by atoms with Crippen LogP contribution in [0.25, 0.3) is 0 Å². The summed E-state index contributed by atoms with van der Waals surface area (Å²) in [7, 11) is 4.54. The van der Waals surface area contributed by atoms with E-state index in [1.54, 1.807) is 21.0 Å². The molecule has 122 valence electrons. The van der Waals surface area contributed by atoms with E-state index < -0.39 is 5.97 Å². The lowest BCUT2D eigenvalue weighted by molar-refractivity contribution is -0.116. The van der Waals surface area contributed by atoms with Crippen LogP contribution in [-0.2, 0) is 9.53 Å². The molecule has 0 aliphatic rings. The molecule has 0 atom stereocenters. The molecular weight excluding hydrogens is 304 g/mol. The minimum Gasteiger partial charge on any atom is -0.465 e. The van der Waals surface area contributed by atoms with Gasteiger partial charge < -0.3 is 15.0 Å². The molecule has 1 rings (SSSR count). The van der Waals surface area contributed by atoms with Crippen LogP contribution in [0.3, 0.4) is 0 Å². The smallest absolute Gasteiger partial charge is 0.341 e. The fourth-order valence-electron chi connectivity index (χ4n) is 1.90. The number of nitrogens with one attached hydrogen (secondary N) is 1. The van der Waals surface area contributed by atoms with E-state index in [9.17, 15) is 14.4 Å². The number of hydrogen-bond acceptors (Lipinski definition) is 5. The van der Waals surface area contributed by atoms with Crippen LogP contribution in [0.4, 0.5) is 5.00 Å². The Morgan fingerprint density at radius 1 is 1.27 bits per heavy atom. The van der Waals surface area contributed by atoms with Crippen LogP contribution in [0.2, 0.25) is 0 Å². The van der Waals surface area contributed by atoms with Gasteiger partial charge in [-0.25, -0.2) is 4.79 Å². The first-order valence-corrected chi connectivity index (χ1v) is 7.73. The molecule has 6 nitrogen and oxygen atoms in total. The molecule has 0 spiro atoms. The highest BCUT2D eigenvalue weighted by molar-refractivity contribution is 7.18. The minimum absolute atomic E-state index is 0.190. The molecule has 0 aromatic carbocycles. The molecule has 2 amide bonds. The summed E-state index contributed by atoms with van der Waals surface area (Å²) in [5.41, 5.74) is 0.769. The third-order valence-corrected chi connectivity index (χ3v) is 4.18. The van der Waals surface area contributed by atoms with Gasteiger partial charge in [-0.05, 0) is 18.4 Å². The Bertz CT molecular complexity index is 591. The molecule has 7 heteroatoms. The molecule has 0 saturated carbocycles. The zero-order chi connectivity index (χ0) is 17.0. The van der Waals surface area contributed by atoms with Crippen LogP contribution < -0.4 is 5.32 Å². The topological polar surface area (TPSA) is 75.7 Å². The van der Waals surface area contributed by atoms with E-state index in [1.165, 1.54) is 12.0 Å². The molecule has 0 aliphatic carbocycles. The van der Waals surface area contributed by atoms with Crippen LogP contribution >= 0.6 is 11.3 Å². The number of ether oxygens (including phenoxy) is 1. The average molecular weight is 326 g/mol. The molecule has 0 saturated heterocycles. The van der Waals surface area contributed by atoms with Crippen LogP contribution in [0.5, 0.6) is 0 Å². The van der Waals surface area contributed by atoms with Crippen molar-refractivity contribution in [1.29, 1.82) is 0 Å². The van der Waals surface area contributed by atoms with E-state index in [2.05, 4.69) is 5.32 Å². The lowest BCUT2D eigenvalue weighted by Crippen LogP contribution is -2.21. The van der Waals surface area contributed by atoms with E-state index in [1.807, 2.05) is 13.8 Å². The number of rotatable bonds is 5. The number of hydrogen-bond donors (Lipinski definition) is 1. The number of carbonyl (C=O) groups excluding carboxylic acids is 3. The van der Waals surface area contributed by atoms with Crippen LogP contribution in [-0.4, -0.2) is 43.9 Å². The Morgan fingerprint density at radius 2 is 1.86 bits per heavy atom. The maximum atomic E-state index is 12.2. The average Bonchev–Trinajstić information content (AvgIpc) is 2.72. The number of nitrogens with zero attached hydrogens (tertiary/aromatic N) is 1. The first-order chi connectivity index (χ1) is 10.2. The number of carbonyl (C=O) groups is 3. The number of esters is 1. The highest BCUT2D eigenvalue weighted by Gasteiger charge is 2.27. The van der Waals surface area contributed by atoms with Gasteiger partial charge in [0.05, 0.1) is 17.6 Å². The van der Waals surface area contributed by atoms with Crippen molar-refractivity contribution < 1.29 is 19.1 Å². The quantitative estimate of drug-likeness (QED) is 0.844. The molecule has 1 heterocycles. The third-order valence-electron chi connectivity index (χ3n) is 2.98. The van der Waals surface area contributed by atoms with Gasteiger partial charge in [-0.2, -0.15) is 0 Å². The van der Waals surface area contributed by atoms with Gasteiger partial charge in [-0.1, -0.05) is 13.8 Å². The van der Waals surface area contributed by atoms with Crippen molar-refractivity contribution in [2.45, 2.75) is 27.2 Å². The number of amides is 2. The largest absolute Gasteiger partial charge is 0.465 e. The van der Waals surface area contributed by atoms with Gasteiger partial charge in [0.25, 0.3) is 5.91 Å². The van der Waals surface area contributed by atoms with Crippen molar-refractivity contribution >= 4 is 34.1 Å². The summed E-state index contributed by atoms with van der Waals surface area (Å²) >= 11 is 1.10. The van der Waals surface area contributed by atoms with Crippen molar-refractivity contribution in [3.63, 3.8) is 0 Å². The zero-order valence-electron chi connectivity index (χ0n) is 13.8. The lowest BCUT2D eigenvalue weighted by atomic mass is 10.1. The molecule has 22 heavy (non-hydrogen) atoms. The van der Waals surface area contributed by atoms with E-state index in [4.69, 9.17) is 4.74 Å². The van der Waals surface area contributed by atoms with Gasteiger partial charge in [-0.3, -0.25) is 9.59 Å². The second kappa shape index (κ2) is 7.40. The Kier molecular flexibility index (Phi) is 6.11. The normalized spacial score (nSPS) is 10.5. The molecule has 0 bridgehead atoms. The molecule has 0 fully saturated rings. The molecule has 1 aromatic rings. The monoisotopic (exact) mass is 326 g/mol. The molecular formula is C15H22N2O4S. The lowest BCUT2D eigenvalue weighted by Gasteiger charge is -2.08. The Hall–Kier alpha value is -1.89. The van der Waals surface area contributed by atoms with Crippen LogP contribution in [0.15, 0.2) is 0 Å². The first kappa shape index (κ1) is 18.2. The highest BCUT2D eigenvalue weighted by atomic mass is 32.1.